The van der Waals surface area contributed by atoms with Gasteiger partial charge in [0.25, 0.3) is 0 Å². The second-order valence-corrected chi connectivity index (χ2v) is 5.75. The Balaban J connectivity index is 3.75. The smallest absolute Gasteiger partial charge is 0.0410 e. The van der Waals surface area contributed by atoms with Gasteiger partial charge in [-0.25, -0.2) is 0 Å². The Kier molecular flexibility index (Phi) is 5.02. The third-order valence-electron chi connectivity index (χ3n) is 1.70. The van der Waals surface area contributed by atoms with Crippen LogP contribution in [0.1, 0.15) is 34.1 Å². The van der Waals surface area contributed by atoms with E-state index >= 15 is 0 Å². The molecular formula is C9H21NOS. The van der Waals surface area contributed by atoms with E-state index in [0.717, 1.165) is 12.2 Å². The molecule has 0 fully saturated rings. The van der Waals surface area contributed by atoms with Crippen LogP contribution in [-0.2, 0) is 10.8 Å². The van der Waals surface area contributed by atoms with Gasteiger partial charge in [-0.2, -0.15) is 0 Å². The molecule has 0 bridgehead atoms. The highest BCUT2D eigenvalue weighted by Gasteiger charge is 2.16. The Bertz CT molecular complexity index is 151. The van der Waals surface area contributed by atoms with Gasteiger partial charge >= 0.3 is 0 Å². The molecule has 0 spiro atoms. The molecule has 0 saturated carbocycles. The predicted octanol–water partition coefficient (Wildman–Crippen LogP) is 1.52. The van der Waals surface area contributed by atoms with E-state index in [1.165, 1.54) is 0 Å². The van der Waals surface area contributed by atoms with E-state index in [1.807, 2.05) is 13.8 Å². The zero-order valence-electron chi connectivity index (χ0n) is 8.59. The lowest BCUT2D eigenvalue weighted by Crippen LogP contribution is -2.39. The monoisotopic (exact) mass is 191 g/mol. The Morgan fingerprint density at radius 3 is 2.33 bits per heavy atom. The van der Waals surface area contributed by atoms with Gasteiger partial charge in [0.1, 0.15) is 0 Å². The summed E-state index contributed by atoms with van der Waals surface area (Å²) >= 11 is 0. The molecular weight excluding hydrogens is 170 g/mol. The zero-order valence-corrected chi connectivity index (χ0v) is 9.41. The topological polar surface area (TPSA) is 43.1 Å². The molecule has 0 aromatic rings. The fraction of sp³-hybridized carbons (Fsp3) is 1.00. The van der Waals surface area contributed by atoms with Crippen LogP contribution in [0, 0.1) is 5.92 Å². The summed E-state index contributed by atoms with van der Waals surface area (Å²) in [4.78, 5) is 0. The van der Waals surface area contributed by atoms with Gasteiger partial charge in [0.2, 0.25) is 0 Å². The normalized spacial score (nSPS) is 17.4. The average Bonchev–Trinajstić information content (AvgIpc) is 1.82. The molecule has 3 heteroatoms. The molecule has 0 amide bonds. The fourth-order valence-corrected chi connectivity index (χ4v) is 2.73. The molecule has 74 valence electrons. The summed E-state index contributed by atoms with van der Waals surface area (Å²) in [6.45, 7) is 8.08. The molecule has 0 aliphatic carbocycles. The molecule has 2 nitrogen and oxygen atoms in total. The van der Waals surface area contributed by atoms with Gasteiger partial charge in [0.05, 0.1) is 0 Å². The van der Waals surface area contributed by atoms with E-state index in [9.17, 15) is 4.21 Å². The van der Waals surface area contributed by atoms with Crippen molar-refractivity contribution in [2.75, 3.05) is 11.5 Å². The molecule has 2 N–H and O–H groups in total. The maximum absolute atomic E-state index is 11.5. The van der Waals surface area contributed by atoms with Crippen molar-refractivity contribution in [3.63, 3.8) is 0 Å². The minimum absolute atomic E-state index is 0.293. The molecule has 12 heavy (non-hydrogen) atoms. The van der Waals surface area contributed by atoms with Crippen LogP contribution < -0.4 is 5.73 Å². The first-order valence-electron chi connectivity index (χ1n) is 4.49. The maximum atomic E-state index is 11.5. The maximum Gasteiger partial charge on any atom is 0.0410 e. The molecule has 2 unspecified atom stereocenters. The highest BCUT2D eigenvalue weighted by Crippen LogP contribution is 2.06. The summed E-state index contributed by atoms with van der Waals surface area (Å²) in [5.41, 5.74) is 5.47. The summed E-state index contributed by atoms with van der Waals surface area (Å²) < 4.78 is 11.5. The zero-order chi connectivity index (χ0) is 9.78. The third kappa shape index (κ3) is 6.80. The van der Waals surface area contributed by atoms with Gasteiger partial charge in [0, 0.05) is 27.8 Å². The molecule has 0 aromatic heterocycles. The number of nitrogens with two attached hydrogens (primary N) is 1. The van der Waals surface area contributed by atoms with Crippen molar-refractivity contribution in [1.82, 2.24) is 0 Å². The lowest BCUT2D eigenvalue weighted by Gasteiger charge is -2.18. The second-order valence-electron chi connectivity index (χ2n) is 4.25. The van der Waals surface area contributed by atoms with E-state index in [2.05, 4.69) is 13.8 Å². The lowest BCUT2D eigenvalue weighted by molar-refractivity contribution is 0.568. The first-order chi connectivity index (χ1) is 5.35. The number of hydrogen-bond acceptors (Lipinski definition) is 2. The second kappa shape index (κ2) is 4.97. The molecule has 0 rings (SSSR count). The van der Waals surface area contributed by atoms with Gasteiger partial charge in [-0.05, 0) is 19.8 Å². The van der Waals surface area contributed by atoms with Crippen molar-refractivity contribution in [3.8, 4) is 0 Å². The summed E-state index contributed by atoms with van der Waals surface area (Å²) in [7, 11) is -0.744. The van der Waals surface area contributed by atoms with Crippen LogP contribution >= 0.6 is 0 Å². The fourth-order valence-electron chi connectivity index (χ4n) is 0.909. The van der Waals surface area contributed by atoms with E-state index in [4.69, 9.17) is 5.73 Å². The van der Waals surface area contributed by atoms with Crippen molar-refractivity contribution in [2.45, 2.75) is 39.7 Å². The minimum Gasteiger partial charge on any atom is -0.325 e. The van der Waals surface area contributed by atoms with Gasteiger partial charge in [-0.1, -0.05) is 20.3 Å². The molecule has 0 aliphatic rings. The first-order valence-corrected chi connectivity index (χ1v) is 5.98. The van der Waals surface area contributed by atoms with E-state index in [0.29, 0.717) is 11.7 Å². The highest BCUT2D eigenvalue weighted by atomic mass is 32.2. The van der Waals surface area contributed by atoms with Crippen LogP contribution in [0.5, 0.6) is 0 Å². The molecule has 0 saturated heterocycles. The molecule has 0 radical (unpaired) electrons. The summed E-state index contributed by atoms with van der Waals surface area (Å²) in [5.74, 6) is 1.95. The Morgan fingerprint density at radius 2 is 2.00 bits per heavy atom. The third-order valence-corrected chi connectivity index (χ3v) is 3.71. The summed E-state index contributed by atoms with van der Waals surface area (Å²) in [5, 5.41) is 0. The Morgan fingerprint density at radius 1 is 1.50 bits per heavy atom. The Labute approximate surface area is 78.4 Å². The number of hydrogen-bond donors (Lipinski definition) is 1. The average molecular weight is 191 g/mol. The van der Waals surface area contributed by atoms with E-state index in [-0.39, 0.29) is 5.54 Å². The van der Waals surface area contributed by atoms with Crippen LogP contribution in [0.25, 0.3) is 0 Å². The largest absolute Gasteiger partial charge is 0.325 e. The van der Waals surface area contributed by atoms with Crippen molar-refractivity contribution in [3.05, 3.63) is 0 Å². The van der Waals surface area contributed by atoms with Crippen LogP contribution in [0.2, 0.25) is 0 Å². The standard InChI is InChI=1S/C9H21NOS/c1-5-8(2)6-12(11)7-9(3,4)10/h8H,5-7,10H2,1-4H3. The van der Waals surface area contributed by atoms with Gasteiger partial charge in [-0.15, -0.1) is 0 Å². The van der Waals surface area contributed by atoms with E-state index in [1.54, 1.807) is 0 Å². The van der Waals surface area contributed by atoms with Crippen LogP contribution in [-0.4, -0.2) is 21.3 Å². The van der Waals surface area contributed by atoms with Crippen molar-refractivity contribution in [2.24, 2.45) is 11.7 Å². The molecule has 2 atom stereocenters. The predicted molar refractivity (Wildman–Crippen MR) is 55.6 cm³/mol. The molecule has 0 aliphatic heterocycles. The highest BCUT2D eigenvalue weighted by molar-refractivity contribution is 7.85. The number of rotatable bonds is 5. The van der Waals surface area contributed by atoms with Crippen molar-refractivity contribution < 1.29 is 4.21 Å². The van der Waals surface area contributed by atoms with Crippen molar-refractivity contribution in [1.29, 1.82) is 0 Å². The van der Waals surface area contributed by atoms with Crippen LogP contribution in [0.3, 0.4) is 0 Å². The summed E-state index contributed by atoms with van der Waals surface area (Å²) in [6, 6.07) is 0. The lowest BCUT2D eigenvalue weighted by atomic mass is 10.1. The summed E-state index contributed by atoms with van der Waals surface area (Å²) in [6.07, 6.45) is 1.09. The molecule has 0 aromatic carbocycles. The van der Waals surface area contributed by atoms with Crippen LogP contribution in [0.4, 0.5) is 0 Å². The van der Waals surface area contributed by atoms with Gasteiger partial charge < -0.3 is 5.73 Å². The first kappa shape index (κ1) is 12.1. The van der Waals surface area contributed by atoms with Gasteiger partial charge in [0.15, 0.2) is 0 Å². The SMILES string of the molecule is CCC(C)CS(=O)CC(C)(C)N. The minimum atomic E-state index is -0.744. The molecule has 0 heterocycles. The van der Waals surface area contributed by atoms with Gasteiger partial charge in [-0.3, -0.25) is 4.21 Å². The van der Waals surface area contributed by atoms with Crippen LogP contribution in [0.15, 0.2) is 0 Å². The quantitative estimate of drug-likeness (QED) is 0.716. The Hall–Kier alpha value is 0.110. The van der Waals surface area contributed by atoms with E-state index < -0.39 is 10.8 Å². The van der Waals surface area contributed by atoms with Crippen molar-refractivity contribution >= 4 is 10.8 Å².